The van der Waals surface area contributed by atoms with Crippen LogP contribution in [0.5, 0.6) is 0 Å². The molecule has 1 heterocycles. The van der Waals surface area contributed by atoms with Gasteiger partial charge in [0, 0.05) is 18.8 Å². The standard InChI is InChI=1S/C12H11N3O3/c13-5-8-1-3-10(4-2-8)14-12(18)15-6-9(7-15)11(16)17/h1-4,9H,6-7H2,(H,14,18)(H,16,17). The minimum atomic E-state index is -0.877. The first-order valence-electron chi connectivity index (χ1n) is 5.39. The molecule has 1 aliphatic heterocycles. The molecule has 1 saturated heterocycles. The molecule has 1 fully saturated rings. The number of anilines is 1. The molecule has 2 amide bonds. The molecule has 2 N–H and O–H groups in total. The van der Waals surface area contributed by atoms with Gasteiger partial charge < -0.3 is 15.3 Å². The number of carboxylic acids is 1. The summed E-state index contributed by atoms with van der Waals surface area (Å²) in [4.78, 5) is 23.7. The van der Waals surface area contributed by atoms with Gasteiger partial charge in [-0.05, 0) is 24.3 Å². The van der Waals surface area contributed by atoms with Crippen molar-refractivity contribution in [1.29, 1.82) is 5.26 Å². The largest absolute Gasteiger partial charge is 0.481 e. The van der Waals surface area contributed by atoms with Crippen molar-refractivity contribution in [1.82, 2.24) is 4.90 Å². The summed E-state index contributed by atoms with van der Waals surface area (Å²) in [5.74, 6) is -1.34. The van der Waals surface area contributed by atoms with Crippen molar-refractivity contribution in [2.75, 3.05) is 18.4 Å². The Kier molecular flexibility index (Phi) is 3.15. The van der Waals surface area contributed by atoms with E-state index < -0.39 is 11.9 Å². The van der Waals surface area contributed by atoms with Crippen molar-refractivity contribution in [2.45, 2.75) is 0 Å². The predicted octanol–water partition coefficient (Wildman–Crippen LogP) is 1.11. The molecule has 0 radical (unpaired) electrons. The van der Waals surface area contributed by atoms with Crippen LogP contribution in [-0.2, 0) is 4.79 Å². The molecular formula is C12H11N3O3. The summed E-state index contributed by atoms with van der Waals surface area (Å²) in [6, 6.07) is 8.13. The molecule has 0 unspecified atom stereocenters. The van der Waals surface area contributed by atoms with E-state index in [-0.39, 0.29) is 19.1 Å². The Morgan fingerprint density at radius 1 is 1.33 bits per heavy atom. The second-order valence-electron chi connectivity index (χ2n) is 4.06. The van der Waals surface area contributed by atoms with Gasteiger partial charge in [0.2, 0.25) is 0 Å². The van der Waals surface area contributed by atoms with E-state index in [0.717, 1.165) is 0 Å². The third-order valence-electron chi connectivity index (χ3n) is 2.78. The van der Waals surface area contributed by atoms with E-state index in [1.165, 1.54) is 4.90 Å². The summed E-state index contributed by atoms with van der Waals surface area (Å²) in [5, 5.41) is 20.0. The molecule has 6 nitrogen and oxygen atoms in total. The Morgan fingerprint density at radius 3 is 2.44 bits per heavy atom. The van der Waals surface area contributed by atoms with Gasteiger partial charge in [-0.1, -0.05) is 0 Å². The van der Waals surface area contributed by atoms with Gasteiger partial charge in [-0.15, -0.1) is 0 Å². The van der Waals surface area contributed by atoms with Crippen LogP contribution >= 0.6 is 0 Å². The predicted molar refractivity (Wildman–Crippen MR) is 62.9 cm³/mol. The average Bonchev–Trinajstić information content (AvgIpc) is 2.27. The number of urea groups is 1. The Hall–Kier alpha value is -2.55. The maximum Gasteiger partial charge on any atom is 0.321 e. The van der Waals surface area contributed by atoms with E-state index in [9.17, 15) is 9.59 Å². The molecule has 1 aromatic carbocycles. The fraction of sp³-hybridized carbons (Fsp3) is 0.250. The van der Waals surface area contributed by atoms with Crippen LogP contribution in [0.15, 0.2) is 24.3 Å². The van der Waals surface area contributed by atoms with E-state index in [0.29, 0.717) is 11.3 Å². The summed E-state index contributed by atoms with van der Waals surface area (Å²) in [6.45, 7) is 0.467. The highest BCUT2D eigenvalue weighted by Gasteiger charge is 2.35. The zero-order valence-electron chi connectivity index (χ0n) is 9.46. The van der Waals surface area contributed by atoms with Gasteiger partial charge >= 0.3 is 12.0 Å². The molecule has 0 aliphatic carbocycles. The molecule has 0 atom stereocenters. The number of nitrogens with zero attached hydrogens (tertiary/aromatic N) is 2. The fourth-order valence-corrected chi connectivity index (χ4v) is 1.63. The first kappa shape index (κ1) is 11.9. The van der Waals surface area contributed by atoms with E-state index >= 15 is 0 Å². The summed E-state index contributed by atoms with van der Waals surface area (Å²) in [7, 11) is 0. The van der Waals surface area contributed by atoms with Gasteiger partial charge in [-0.25, -0.2) is 4.79 Å². The smallest absolute Gasteiger partial charge is 0.321 e. The molecule has 2 rings (SSSR count). The van der Waals surface area contributed by atoms with Crippen molar-refractivity contribution in [3.63, 3.8) is 0 Å². The molecule has 92 valence electrons. The number of likely N-dealkylation sites (tertiary alicyclic amines) is 1. The maximum atomic E-state index is 11.7. The summed E-state index contributed by atoms with van der Waals surface area (Å²) < 4.78 is 0. The van der Waals surface area contributed by atoms with Crippen LogP contribution in [0, 0.1) is 17.2 Å². The van der Waals surface area contributed by atoms with Crippen molar-refractivity contribution >= 4 is 17.7 Å². The number of rotatable bonds is 2. The normalized spacial score (nSPS) is 14.5. The molecule has 6 heteroatoms. The summed E-state index contributed by atoms with van der Waals surface area (Å²) in [5.41, 5.74) is 1.10. The van der Waals surface area contributed by atoms with Crippen LogP contribution in [0.1, 0.15) is 5.56 Å². The van der Waals surface area contributed by atoms with E-state index in [4.69, 9.17) is 10.4 Å². The quantitative estimate of drug-likeness (QED) is 0.816. The lowest BCUT2D eigenvalue weighted by molar-refractivity contribution is -0.145. The van der Waals surface area contributed by atoms with Crippen LogP contribution in [0.4, 0.5) is 10.5 Å². The number of carbonyl (C=O) groups excluding carboxylic acids is 1. The number of carboxylic acid groups (broad SMARTS) is 1. The van der Waals surface area contributed by atoms with Crippen LogP contribution in [-0.4, -0.2) is 35.1 Å². The lowest BCUT2D eigenvalue weighted by Crippen LogP contribution is -2.54. The SMILES string of the molecule is N#Cc1ccc(NC(=O)N2CC(C(=O)O)C2)cc1. The van der Waals surface area contributed by atoms with Gasteiger partial charge in [0.05, 0.1) is 17.6 Å². The highest BCUT2D eigenvalue weighted by atomic mass is 16.4. The second kappa shape index (κ2) is 4.75. The Balaban J connectivity index is 1.89. The number of benzene rings is 1. The number of carbonyl (C=O) groups is 2. The number of nitrogens with one attached hydrogen (secondary N) is 1. The average molecular weight is 245 g/mol. The number of hydrogen-bond donors (Lipinski definition) is 2. The van der Waals surface area contributed by atoms with Crippen molar-refractivity contribution in [3.8, 4) is 6.07 Å². The minimum absolute atomic E-state index is 0.234. The van der Waals surface area contributed by atoms with Crippen LogP contribution in [0.25, 0.3) is 0 Å². The van der Waals surface area contributed by atoms with Gasteiger partial charge in [0.1, 0.15) is 0 Å². The molecular weight excluding hydrogens is 234 g/mol. The molecule has 0 aromatic heterocycles. The molecule has 1 aromatic rings. The third kappa shape index (κ3) is 2.40. The molecule has 0 saturated carbocycles. The number of nitriles is 1. The van der Waals surface area contributed by atoms with Crippen LogP contribution < -0.4 is 5.32 Å². The van der Waals surface area contributed by atoms with Crippen molar-refractivity contribution in [3.05, 3.63) is 29.8 Å². The first-order chi connectivity index (χ1) is 8.60. The molecule has 1 aliphatic rings. The molecule has 0 spiro atoms. The zero-order valence-corrected chi connectivity index (χ0v) is 9.46. The van der Waals surface area contributed by atoms with E-state index in [1.54, 1.807) is 24.3 Å². The second-order valence-corrected chi connectivity index (χ2v) is 4.06. The van der Waals surface area contributed by atoms with Gasteiger partial charge in [0.25, 0.3) is 0 Å². The van der Waals surface area contributed by atoms with Crippen molar-refractivity contribution < 1.29 is 14.7 Å². The number of aliphatic carboxylic acids is 1. The topological polar surface area (TPSA) is 93.4 Å². The van der Waals surface area contributed by atoms with E-state index in [2.05, 4.69) is 5.32 Å². The summed E-state index contributed by atoms with van der Waals surface area (Å²) >= 11 is 0. The fourth-order valence-electron chi connectivity index (χ4n) is 1.63. The highest BCUT2D eigenvalue weighted by molar-refractivity contribution is 5.91. The third-order valence-corrected chi connectivity index (χ3v) is 2.78. The molecule has 0 bridgehead atoms. The van der Waals surface area contributed by atoms with Gasteiger partial charge in [-0.2, -0.15) is 5.26 Å². The molecule has 18 heavy (non-hydrogen) atoms. The highest BCUT2D eigenvalue weighted by Crippen LogP contribution is 2.17. The van der Waals surface area contributed by atoms with Crippen LogP contribution in [0.3, 0.4) is 0 Å². The Labute approximate surface area is 103 Å². The number of amides is 2. The van der Waals surface area contributed by atoms with E-state index in [1.807, 2.05) is 6.07 Å². The van der Waals surface area contributed by atoms with Gasteiger partial charge in [-0.3, -0.25) is 4.79 Å². The minimum Gasteiger partial charge on any atom is -0.481 e. The van der Waals surface area contributed by atoms with Gasteiger partial charge in [0.15, 0.2) is 0 Å². The lowest BCUT2D eigenvalue weighted by atomic mass is 10.0. The monoisotopic (exact) mass is 245 g/mol. The summed E-state index contributed by atoms with van der Waals surface area (Å²) in [6.07, 6.45) is 0. The number of hydrogen-bond acceptors (Lipinski definition) is 3. The van der Waals surface area contributed by atoms with Crippen molar-refractivity contribution in [2.24, 2.45) is 5.92 Å². The Bertz CT molecular complexity index is 512. The Morgan fingerprint density at radius 2 is 1.94 bits per heavy atom. The van der Waals surface area contributed by atoms with Crippen LogP contribution in [0.2, 0.25) is 0 Å². The lowest BCUT2D eigenvalue weighted by Gasteiger charge is -2.36. The maximum absolute atomic E-state index is 11.7. The zero-order chi connectivity index (χ0) is 13.1. The first-order valence-corrected chi connectivity index (χ1v) is 5.39.